The number of ether oxygens (including phenoxy) is 2. The fraction of sp³-hybridized carbons (Fsp3) is 0.619. The fourth-order valence-electron chi connectivity index (χ4n) is 2.83. The van der Waals surface area contributed by atoms with E-state index in [4.69, 9.17) is 9.47 Å². The van der Waals surface area contributed by atoms with Crippen LogP contribution >= 0.6 is 0 Å². The molecule has 1 aromatic rings. The molecular weight excluding hydrogens is 401 g/mol. The maximum absolute atomic E-state index is 13.7. The van der Waals surface area contributed by atoms with Gasteiger partial charge in [0.2, 0.25) is 0 Å². The predicted octanol–water partition coefficient (Wildman–Crippen LogP) is 5.27. The van der Waals surface area contributed by atoms with Crippen molar-refractivity contribution in [1.29, 1.82) is 0 Å². The van der Waals surface area contributed by atoms with Crippen LogP contribution in [0.1, 0.15) is 53.0 Å². The molecule has 2 amide bonds. The first-order chi connectivity index (χ1) is 13.9. The summed E-state index contributed by atoms with van der Waals surface area (Å²) in [6.45, 7) is 8.53. The highest BCUT2D eigenvalue weighted by Gasteiger charge is 2.57. The van der Waals surface area contributed by atoms with Crippen molar-refractivity contribution in [3.8, 4) is 0 Å². The van der Waals surface area contributed by atoms with Crippen LogP contribution in [0.2, 0.25) is 0 Å². The highest BCUT2D eigenvalue weighted by molar-refractivity contribution is 5.70. The third-order valence-corrected chi connectivity index (χ3v) is 4.37. The maximum atomic E-state index is 13.7. The van der Waals surface area contributed by atoms with Crippen LogP contribution < -0.4 is 5.32 Å². The van der Waals surface area contributed by atoms with Gasteiger partial charge in [0.1, 0.15) is 17.7 Å². The first-order valence-electron chi connectivity index (χ1n) is 9.95. The zero-order valence-electron chi connectivity index (χ0n) is 18.1. The summed E-state index contributed by atoms with van der Waals surface area (Å²) in [7, 11) is 0. The van der Waals surface area contributed by atoms with E-state index in [0.717, 1.165) is 0 Å². The molecular formula is C21H31F3N2O4. The monoisotopic (exact) mass is 432 g/mol. The second-order valence-corrected chi connectivity index (χ2v) is 7.73. The Morgan fingerprint density at radius 1 is 1.07 bits per heavy atom. The van der Waals surface area contributed by atoms with Crippen molar-refractivity contribution < 1.29 is 32.2 Å². The summed E-state index contributed by atoms with van der Waals surface area (Å²) in [4.78, 5) is 25.3. The smallest absolute Gasteiger partial charge is 0.411 e. The number of carbonyl (C=O) groups excluding carboxylic acids is 2. The van der Waals surface area contributed by atoms with E-state index in [1.54, 1.807) is 51.1 Å². The lowest BCUT2D eigenvalue weighted by Gasteiger charge is -2.42. The number of benzene rings is 1. The number of amides is 2. The molecule has 30 heavy (non-hydrogen) atoms. The van der Waals surface area contributed by atoms with Crippen molar-refractivity contribution in [3.63, 3.8) is 0 Å². The van der Waals surface area contributed by atoms with Crippen LogP contribution in [0.25, 0.3) is 0 Å². The summed E-state index contributed by atoms with van der Waals surface area (Å²) >= 11 is 0. The number of nitrogens with one attached hydrogen (secondary N) is 1. The Morgan fingerprint density at radius 2 is 1.60 bits per heavy atom. The minimum absolute atomic E-state index is 0.134. The summed E-state index contributed by atoms with van der Waals surface area (Å²) < 4.78 is 51.3. The predicted molar refractivity (Wildman–Crippen MR) is 107 cm³/mol. The van der Waals surface area contributed by atoms with Crippen LogP contribution in [0.4, 0.5) is 22.8 Å². The Morgan fingerprint density at radius 3 is 2.07 bits per heavy atom. The highest BCUT2D eigenvalue weighted by atomic mass is 19.4. The molecule has 1 aliphatic rings. The second kappa shape index (κ2) is 10.5. The number of alkyl halides is 3. The van der Waals surface area contributed by atoms with E-state index in [0.29, 0.717) is 5.56 Å². The van der Waals surface area contributed by atoms with E-state index in [9.17, 15) is 22.8 Å². The largest absolute Gasteiger partial charge is 0.445 e. The lowest BCUT2D eigenvalue weighted by Crippen LogP contribution is -2.64. The molecule has 0 aromatic heterocycles. The topological polar surface area (TPSA) is 67.9 Å². The van der Waals surface area contributed by atoms with Crippen LogP contribution in [0.15, 0.2) is 30.3 Å². The normalized spacial score (nSPS) is 16.1. The quantitative estimate of drug-likeness (QED) is 0.707. The lowest BCUT2D eigenvalue weighted by molar-refractivity contribution is -0.205. The van der Waals surface area contributed by atoms with E-state index in [2.05, 4.69) is 0 Å². The van der Waals surface area contributed by atoms with Gasteiger partial charge in [-0.15, -0.1) is 0 Å². The first-order valence-corrected chi connectivity index (χ1v) is 9.95. The molecule has 0 unspecified atom stereocenters. The number of rotatable bonds is 3. The van der Waals surface area contributed by atoms with Gasteiger partial charge in [0.15, 0.2) is 0 Å². The van der Waals surface area contributed by atoms with Gasteiger partial charge in [-0.2, -0.15) is 13.2 Å². The molecule has 170 valence electrons. The Hall–Kier alpha value is -2.45. The number of piperidine rings is 1. The molecule has 1 heterocycles. The summed E-state index contributed by atoms with van der Waals surface area (Å²) in [6, 6.07) is 8.65. The molecule has 0 aliphatic carbocycles. The van der Waals surface area contributed by atoms with Gasteiger partial charge in [-0.05, 0) is 39.2 Å². The van der Waals surface area contributed by atoms with Crippen molar-refractivity contribution in [2.24, 2.45) is 0 Å². The van der Waals surface area contributed by atoms with Crippen molar-refractivity contribution in [2.75, 3.05) is 13.1 Å². The summed E-state index contributed by atoms with van der Waals surface area (Å²) in [5.74, 6) is 0. The summed E-state index contributed by atoms with van der Waals surface area (Å²) in [5.41, 5.74) is -2.52. The number of nitrogens with zero attached hydrogens (tertiary/aromatic N) is 1. The molecule has 1 aromatic carbocycles. The van der Waals surface area contributed by atoms with Gasteiger partial charge in [0, 0.05) is 13.1 Å². The van der Waals surface area contributed by atoms with Gasteiger partial charge in [-0.3, -0.25) is 0 Å². The molecule has 0 spiro atoms. The number of halogens is 3. The van der Waals surface area contributed by atoms with Crippen LogP contribution in [-0.2, 0) is 16.1 Å². The van der Waals surface area contributed by atoms with E-state index in [-0.39, 0.29) is 19.7 Å². The average Bonchev–Trinajstić information content (AvgIpc) is 2.67. The minimum atomic E-state index is -4.68. The zero-order valence-corrected chi connectivity index (χ0v) is 18.1. The molecule has 1 N–H and O–H groups in total. The van der Waals surface area contributed by atoms with Crippen LogP contribution in [-0.4, -0.2) is 47.5 Å². The summed E-state index contributed by atoms with van der Waals surface area (Å²) in [6.07, 6.45) is -7.45. The molecule has 9 heteroatoms. The molecule has 6 nitrogen and oxygen atoms in total. The first kappa shape index (κ1) is 25.6. The van der Waals surface area contributed by atoms with Gasteiger partial charge in [-0.25, -0.2) is 9.59 Å². The zero-order chi connectivity index (χ0) is 23.0. The van der Waals surface area contributed by atoms with Crippen molar-refractivity contribution in [2.45, 2.75) is 71.4 Å². The fourth-order valence-corrected chi connectivity index (χ4v) is 2.83. The van der Waals surface area contributed by atoms with E-state index < -0.39 is 42.3 Å². The molecule has 0 radical (unpaired) electrons. The molecule has 0 atom stereocenters. The number of likely N-dealkylation sites (tertiary alicyclic amines) is 1. The van der Waals surface area contributed by atoms with E-state index in [1.165, 1.54) is 4.90 Å². The van der Waals surface area contributed by atoms with Crippen LogP contribution in [0.3, 0.4) is 0 Å². The van der Waals surface area contributed by atoms with Crippen molar-refractivity contribution >= 4 is 12.2 Å². The standard InChI is InChI=1S/C19H25F3N2O4.C2H6/c1-17(2,3)28-16(26)24-11-9-18(10-12-24,19(20,21)22)23-15(25)27-13-14-7-5-4-6-8-14;1-2/h4-8H,9-13H2,1-3H3,(H,23,25);1-2H3. The third kappa shape index (κ3) is 7.42. The highest BCUT2D eigenvalue weighted by Crippen LogP contribution is 2.39. The van der Waals surface area contributed by atoms with Crippen LogP contribution in [0, 0.1) is 0 Å². The SMILES string of the molecule is CC.CC(C)(C)OC(=O)N1CCC(NC(=O)OCc2ccccc2)(C(F)(F)F)CC1. The van der Waals surface area contributed by atoms with Crippen molar-refractivity contribution in [1.82, 2.24) is 10.2 Å². The molecule has 1 aliphatic heterocycles. The molecule has 1 fully saturated rings. The Balaban J connectivity index is 0.00000218. The lowest BCUT2D eigenvalue weighted by atomic mass is 9.87. The van der Waals surface area contributed by atoms with Gasteiger partial charge >= 0.3 is 18.4 Å². The molecule has 0 saturated carbocycles. The number of hydrogen-bond acceptors (Lipinski definition) is 4. The maximum Gasteiger partial charge on any atom is 0.411 e. The Labute approximate surface area is 175 Å². The van der Waals surface area contributed by atoms with Gasteiger partial charge < -0.3 is 19.7 Å². The van der Waals surface area contributed by atoms with E-state index >= 15 is 0 Å². The minimum Gasteiger partial charge on any atom is -0.445 e. The Kier molecular flexibility index (Phi) is 8.99. The Bertz CT molecular complexity index is 680. The molecule has 0 bridgehead atoms. The molecule has 2 rings (SSSR count). The van der Waals surface area contributed by atoms with Gasteiger partial charge in [0.25, 0.3) is 0 Å². The van der Waals surface area contributed by atoms with Gasteiger partial charge in [0.05, 0.1) is 0 Å². The van der Waals surface area contributed by atoms with Crippen LogP contribution in [0.5, 0.6) is 0 Å². The average molecular weight is 432 g/mol. The van der Waals surface area contributed by atoms with Gasteiger partial charge in [-0.1, -0.05) is 44.2 Å². The van der Waals surface area contributed by atoms with Crippen molar-refractivity contribution in [3.05, 3.63) is 35.9 Å². The third-order valence-electron chi connectivity index (χ3n) is 4.37. The summed E-state index contributed by atoms with van der Waals surface area (Å²) in [5, 5.41) is 1.99. The van der Waals surface area contributed by atoms with E-state index in [1.807, 2.05) is 19.2 Å². The number of carbonyl (C=O) groups is 2. The second-order valence-electron chi connectivity index (χ2n) is 7.73. The molecule has 1 saturated heterocycles. The number of hydrogen-bond donors (Lipinski definition) is 1. The number of alkyl carbamates (subject to hydrolysis) is 1.